The number of hydrogen-bond donors (Lipinski definition) is 0. The molecule has 5 heteroatoms. The monoisotopic (exact) mass is 526 g/mol. The Kier molecular flexibility index (Phi) is 17.0. The van der Waals surface area contributed by atoms with Crippen LogP contribution in [-0.4, -0.2) is 42.4 Å². The molecule has 0 atom stereocenters. The predicted octanol–water partition coefficient (Wildman–Crippen LogP) is -3.43. The molecule has 0 N–H and O–H groups in total. The maximum atomic E-state index is 2.65. The van der Waals surface area contributed by atoms with Crippen molar-refractivity contribution in [3.05, 3.63) is 5.67 Å². The molecule has 12 heavy (non-hydrogen) atoms. The molecule has 0 aromatic carbocycles. The summed E-state index contributed by atoms with van der Waals surface area (Å²) in [6.45, 7) is 14.4. The number of hydrogen-bond acceptors (Lipinski definition) is 0. The first-order chi connectivity index (χ1) is 3.71. The molecular formula is C7H19BiBr2Si2. The summed E-state index contributed by atoms with van der Waals surface area (Å²) in [4.78, 5) is 0. The van der Waals surface area contributed by atoms with Crippen LogP contribution in [0.2, 0.25) is 39.3 Å². The molecule has 0 aliphatic rings. The van der Waals surface area contributed by atoms with Crippen LogP contribution in [0.3, 0.4) is 0 Å². The van der Waals surface area contributed by atoms with Crippen molar-refractivity contribution in [1.82, 2.24) is 0 Å². The molecule has 4 radical (unpaired) electrons. The average Bonchev–Trinajstić information content (AvgIpc) is 1.14. The summed E-state index contributed by atoms with van der Waals surface area (Å²) in [5.41, 5.74) is 2.65. The SMILES string of the molecule is C[Si](C)(C)[CH][Si](C)(C)C.[Bi+2].[Br-].[Br-]. The van der Waals surface area contributed by atoms with Gasteiger partial charge >= 0.3 is 26.2 Å². The zero-order valence-electron chi connectivity index (χ0n) is 8.78. The maximum absolute atomic E-state index is 2.65. The van der Waals surface area contributed by atoms with E-state index >= 15 is 0 Å². The third kappa shape index (κ3) is 22.8. The standard InChI is InChI=1S/C7H19Si2.Bi.2BrH/c1-8(2,3)7-9(4,5)6;;;/h7H,1-6H3;;2*1H/q;+2;;/p-2. The van der Waals surface area contributed by atoms with Gasteiger partial charge in [0.2, 0.25) is 0 Å². The second kappa shape index (κ2) is 8.57. The number of halogens is 2. The molecule has 0 aromatic rings. The van der Waals surface area contributed by atoms with E-state index in [1.54, 1.807) is 0 Å². The van der Waals surface area contributed by atoms with Crippen molar-refractivity contribution in [2.45, 2.75) is 39.3 Å². The summed E-state index contributed by atoms with van der Waals surface area (Å²) in [5.74, 6) is 0. The molecule has 0 saturated heterocycles. The molecular weight excluding hydrogens is 509 g/mol. The zero-order valence-corrected chi connectivity index (χ0v) is 17.4. The van der Waals surface area contributed by atoms with Gasteiger partial charge in [0.05, 0.1) is 0 Å². The molecule has 0 nitrogen and oxygen atoms in total. The fraction of sp³-hybridized carbons (Fsp3) is 0.857. The third-order valence-corrected chi connectivity index (χ3v) is 7.79. The Morgan fingerprint density at radius 1 is 0.667 bits per heavy atom. The fourth-order valence-electron chi connectivity index (χ4n) is 1.30. The minimum absolute atomic E-state index is 0. The van der Waals surface area contributed by atoms with Crippen LogP contribution >= 0.6 is 0 Å². The van der Waals surface area contributed by atoms with E-state index in [0.29, 0.717) is 0 Å². The Bertz CT molecular complexity index is 84.6. The quantitative estimate of drug-likeness (QED) is 0.328. The maximum Gasteiger partial charge on any atom is 2.00 e. The second-order valence-electron chi connectivity index (χ2n) is 4.88. The Morgan fingerprint density at radius 2 is 0.833 bits per heavy atom. The van der Waals surface area contributed by atoms with Crippen LogP contribution in [0.15, 0.2) is 0 Å². The van der Waals surface area contributed by atoms with Crippen LogP contribution in [0.1, 0.15) is 0 Å². The largest absolute Gasteiger partial charge is 2.00 e. The minimum Gasteiger partial charge on any atom is -1.00 e. The third-order valence-electron chi connectivity index (χ3n) is 0.866. The summed E-state index contributed by atoms with van der Waals surface area (Å²) in [7, 11) is -1.71. The zero-order chi connectivity index (χ0) is 7.71. The van der Waals surface area contributed by atoms with Gasteiger partial charge in [-0.3, -0.25) is 0 Å². The van der Waals surface area contributed by atoms with Crippen LogP contribution in [-0.2, 0) is 0 Å². The van der Waals surface area contributed by atoms with Crippen LogP contribution in [0.25, 0.3) is 0 Å². The molecule has 0 unspecified atom stereocenters. The van der Waals surface area contributed by atoms with Gasteiger partial charge in [-0.15, -0.1) is 0 Å². The summed E-state index contributed by atoms with van der Waals surface area (Å²) in [5, 5.41) is 0. The van der Waals surface area contributed by atoms with Gasteiger partial charge in [-0.2, -0.15) is 0 Å². The van der Waals surface area contributed by atoms with E-state index in [-0.39, 0.29) is 60.2 Å². The average molecular weight is 528 g/mol. The summed E-state index contributed by atoms with van der Waals surface area (Å²) in [6, 6.07) is 0. The molecule has 0 saturated carbocycles. The molecule has 0 bridgehead atoms. The van der Waals surface area contributed by atoms with Crippen LogP contribution in [0.4, 0.5) is 0 Å². The fourth-order valence-corrected chi connectivity index (χ4v) is 11.7. The molecule has 0 aliphatic heterocycles. The van der Waals surface area contributed by atoms with Crippen LogP contribution in [0.5, 0.6) is 0 Å². The molecule has 0 fully saturated rings. The first-order valence-corrected chi connectivity index (χ1v) is 10.7. The van der Waals surface area contributed by atoms with Gasteiger partial charge in [0, 0.05) is 16.1 Å². The summed E-state index contributed by atoms with van der Waals surface area (Å²) < 4.78 is 0. The van der Waals surface area contributed by atoms with Gasteiger partial charge in [-0.25, -0.2) is 0 Å². The van der Waals surface area contributed by atoms with Crippen molar-refractivity contribution >= 4 is 42.4 Å². The van der Waals surface area contributed by atoms with Gasteiger partial charge in [0.25, 0.3) is 0 Å². The van der Waals surface area contributed by atoms with Crippen molar-refractivity contribution in [2.75, 3.05) is 0 Å². The van der Waals surface area contributed by atoms with Crippen molar-refractivity contribution in [1.29, 1.82) is 0 Å². The van der Waals surface area contributed by atoms with Crippen molar-refractivity contribution in [2.24, 2.45) is 0 Å². The van der Waals surface area contributed by atoms with E-state index in [2.05, 4.69) is 44.9 Å². The van der Waals surface area contributed by atoms with Crippen molar-refractivity contribution in [3.63, 3.8) is 0 Å². The minimum atomic E-state index is -0.856. The van der Waals surface area contributed by atoms with E-state index in [4.69, 9.17) is 0 Å². The van der Waals surface area contributed by atoms with E-state index in [9.17, 15) is 0 Å². The van der Waals surface area contributed by atoms with E-state index in [1.165, 1.54) is 0 Å². The van der Waals surface area contributed by atoms with E-state index < -0.39 is 16.1 Å². The molecule has 0 rings (SSSR count). The Morgan fingerprint density at radius 3 is 0.833 bits per heavy atom. The Hall–Kier alpha value is 2.28. The first-order valence-electron chi connectivity index (χ1n) is 3.58. The van der Waals surface area contributed by atoms with Crippen molar-refractivity contribution in [3.8, 4) is 0 Å². The van der Waals surface area contributed by atoms with Crippen LogP contribution in [0, 0.1) is 5.67 Å². The number of rotatable bonds is 2. The second-order valence-corrected chi connectivity index (χ2v) is 15.5. The van der Waals surface area contributed by atoms with Gasteiger partial charge in [-0.1, -0.05) is 44.9 Å². The molecule has 0 amide bonds. The molecule has 0 spiro atoms. The van der Waals surface area contributed by atoms with Gasteiger partial charge in [0.1, 0.15) is 0 Å². The summed E-state index contributed by atoms with van der Waals surface area (Å²) >= 11 is 0. The predicted molar refractivity (Wildman–Crippen MR) is 56.7 cm³/mol. The normalized spacial score (nSPS) is 10.5. The topological polar surface area (TPSA) is 0 Å². The van der Waals surface area contributed by atoms with Gasteiger partial charge in [-0.05, 0) is 0 Å². The molecule has 0 aliphatic carbocycles. The molecule has 0 aromatic heterocycles. The van der Waals surface area contributed by atoms with Crippen molar-refractivity contribution < 1.29 is 34.0 Å². The van der Waals surface area contributed by atoms with Crippen LogP contribution < -0.4 is 34.0 Å². The summed E-state index contributed by atoms with van der Waals surface area (Å²) in [6.07, 6.45) is 0. The Balaban J connectivity index is -0.000000107. The van der Waals surface area contributed by atoms with E-state index in [1.807, 2.05) is 0 Å². The van der Waals surface area contributed by atoms with Gasteiger partial charge < -0.3 is 34.0 Å². The molecule has 74 valence electrons. The Labute approximate surface area is 120 Å². The van der Waals surface area contributed by atoms with E-state index in [0.717, 1.165) is 0 Å². The molecule has 0 heterocycles. The van der Waals surface area contributed by atoms with Gasteiger partial charge in [0.15, 0.2) is 0 Å². The first kappa shape index (κ1) is 23.8. The smallest absolute Gasteiger partial charge is 1.00 e.